The highest BCUT2D eigenvalue weighted by molar-refractivity contribution is 5.93. The fourth-order valence-electron chi connectivity index (χ4n) is 4.77. The Labute approximate surface area is 254 Å². The van der Waals surface area contributed by atoms with Gasteiger partial charge in [-0.2, -0.15) is 0 Å². The Balaban J connectivity index is 1.70. The van der Waals surface area contributed by atoms with Crippen LogP contribution in [0.25, 0.3) is 0 Å². The lowest BCUT2D eigenvalue weighted by Crippen LogP contribution is -2.57. The SMILES string of the molecule is CC(C)C[C@H](NC(=O)[C@H](COCc1ccccc1)NC(=O)OC(C)(C)C)C(=O)N1CCC[C@H]1C(=O)OCc1ccccc1. The predicted molar refractivity (Wildman–Crippen MR) is 162 cm³/mol. The van der Waals surface area contributed by atoms with Crippen molar-refractivity contribution in [3.63, 3.8) is 0 Å². The molecular formula is C33H45N3O7. The van der Waals surface area contributed by atoms with Crippen LogP contribution in [0.1, 0.15) is 65.0 Å². The summed E-state index contributed by atoms with van der Waals surface area (Å²) in [4.78, 5) is 54.4. The topological polar surface area (TPSA) is 123 Å². The molecule has 2 N–H and O–H groups in total. The summed E-state index contributed by atoms with van der Waals surface area (Å²) in [6.45, 7) is 9.66. The maximum atomic E-state index is 13.8. The number of likely N-dealkylation sites (tertiary alicyclic amines) is 1. The molecule has 10 nitrogen and oxygen atoms in total. The van der Waals surface area contributed by atoms with Gasteiger partial charge in [-0.15, -0.1) is 0 Å². The van der Waals surface area contributed by atoms with Gasteiger partial charge in [0.25, 0.3) is 0 Å². The van der Waals surface area contributed by atoms with Gasteiger partial charge in [0.1, 0.15) is 30.3 Å². The second-order valence-electron chi connectivity index (χ2n) is 12.2. The summed E-state index contributed by atoms with van der Waals surface area (Å²) in [7, 11) is 0. The number of hydrogen-bond acceptors (Lipinski definition) is 7. The van der Waals surface area contributed by atoms with Crippen LogP contribution in [0.5, 0.6) is 0 Å². The van der Waals surface area contributed by atoms with Crippen LogP contribution in [0.4, 0.5) is 4.79 Å². The monoisotopic (exact) mass is 595 g/mol. The zero-order valence-corrected chi connectivity index (χ0v) is 25.8. The first-order valence-corrected chi connectivity index (χ1v) is 14.9. The Hall–Kier alpha value is -3.92. The molecule has 234 valence electrons. The molecule has 3 atom stereocenters. The largest absolute Gasteiger partial charge is 0.459 e. The van der Waals surface area contributed by atoms with Gasteiger partial charge in [-0.1, -0.05) is 74.5 Å². The van der Waals surface area contributed by atoms with E-state index < -0.39 is 41.7 Å². The average molecular weight is 596 g/mol. The van der Waals surface area contributed by atoms with Crippen molar-refractivity contribution in [2.24, 2.45) is 5.92 Å². The predicted octanol–water partition coefficient (Wildman–Crippen LogP) is 4.36. The number of alkyl carbamates (subject to hydrolysis) is 1. The molecule has 1 heterocycles. The zero-order valence-electron chi connectivity index (χ0n) is 25.8. The summed E-state index contributed by atoms with van der Waals surface area (Å²) >= 11 is 0. The number of carbonyl (C=O) groups is 4. The van der Waals surface area contributed by atoms with Crippen molar-refractivity contribution in [1.29, 1.82) is 0 Å². The number of amides is 3. The summed E-state index contributed by atoms with van der Waals surface area (Å²) in [5.74, 6) is -1.35. The van der Waals surface area contributed by atoms with E-state index in [4.69, 9.17) is 14.2 Å². The average Bonchev–Trinajstić information content (AvgIpc) is 3.45. The third-order valence-corrected chi connectivity index (χ3v) is 6.76. The first-order chi connectivity index (χ1) is 20.4. The maximum absolute atomic E-state index is 13.8. The maximum Gasteiger partial charge on any atom is 0.408 e. The number of rotatable bonds is 13. The minimum atomic E-state index is -1.12. The summed E-state index contributed by atoms with van der Waals surface area (Å²) in [5.41, 5.74) is 0.993. The number of nitrogens with one attached hydrogen (secondary N) is 2. The molecular weight excluding hydrogens is 550 g/mol. The van der Waals surface area contributed by atoms with E-state index in [9.17, 15) is 19.2 Å². The second-order valence-corrected chi connectivity index (χ2v) is 12.2. The number of hydrogen-bond donors (Lipinski definition) is 2. The fraction of sp³-hybridized carbons (Fsp3) is 0.515. The van der Waals surface area contributed by atoms with Crippen LogP contribution in [0.15, 0.2) is 60.7 Å². The van der Waals surface area contributed by atoms with Crippen molar-refractivity contribution in [2.75, 3.05) is 13.2 Å². The first kappa shape index (κ1) is 33.6. The summed E-state index contributed by atoms with van der Waals surface area (Å²) in [6.07, 6.45) is 0.702. The van der Waals surface area contributed by atoms with E-state index in [0.29, 0.717) is 25.8 Å². The van der Waals surface area contributed by atoms with Gasteiger partial charge < -0.3 is 29.7 Å². The van der Waals surface area contributed by atoms with E-state index in [1.54, 1.807) is 20.8 Å². The molecule has 1 fully saturated rings. The molecule has 43 heavy (non-hydrogen) atoms. The molecule has 1 saturated heterocycles. The van der Waals surface area contributed by atoms with Gasteiger partial charge in [0.2, 0.25) is 11.8 Å². The quantitative estimate of drug-likeness (QED) is 0.330. The second kappa shape index (κ2) is 16.1. The molecule has 1 aliphatic heterocycles. The van der Waals surface area contributed by atoms with Crippen LogP contribution < -0.4 is 10.6 Å². The minimum absolute atomic E-state index is 0.0620. The lowest BCUT2D eigenvalue weighted by atomic mass is 10.0. The molecule has 3 rings (SSSR count). The molecule has 2 aromatic carbocycles. The van der Waals surface area contributed by atoms with E-state index in [2.05, 4.69) is 10.6 Å². The van der Waals surface area contributed by atoms with Crippen molar-refractivity contribution in [1.82, 2.24) is 15.5 Å². The van der Waals surface area contributed by atoms with Crippen molar-refractivity contribution < 1.29 is 33.4 Å². The van der Waals surface area contributed by atoms with E-state index in [1.165, 1.54) is 4.90 Å². The Bertz CT molecular complexity index is 1200. The standard InChI is InChI=1S/C33H45N3O7/c1-23(2)19-26(30(38)36-18-12-17-28(36)31(39)42-21-25-15-10-7-11-16-25)34-29(37)27(35-32(40)43-33(3,4)5)22-41-20-24-13-8-6-9-14-24/h6-11,13-16,23,26-28H,12,17-22H2,1-5H3,(H,34,37)(H,35,40)/t26-,27-,28-/m0/s1. The Morgan fingerprint density at radius 3 is 2.07 bits per heavy atom. The van der Waals surface area contributed by atoms with Crippen molar-refractivity contribution in [2.45, 2.75) is 90.8 Å². The summed E-state index contributed by atoms with van der Waals surface area (Å²) < 4.78 is 16.7. The summed E-state index contributed by atoms with van der Waals surface area (Å²) in [6, 6.07) is 16.0. The zero-order chi connectivity index (χ0) is 31.4. The molecule has 0 aliphatic carbocycles. The molecule has 0 radical (unpaired) electrons. The van der Waals surface area contributed by atoms with E-state index >= 15 is 0 Å². The number of esters is 1. The number of carbonyl (C=O) groups excluding carboxylic acids is 4. The molecule has 0 aromatic heterocycles. The lowest BCUT2D eigenvalue weighted by Gasteiger charge is -2.30. The molecule has 3 amide bonds. The molecule has 2 aromatic rings. The molecule has 0 unspecified atom stereocenters. The van der Waals surface area contributed by atoms with Crippen LogP contribution in [-0.4, -0.2) is 65.7 Å². The Morgan fingerprint density at radius 2 is 1.49 bits per heavy atom. The number of nitrogens with zero attached hydrogens (tertiary/aromatic N) is 1. The highest BCUT2D eigenvalue weighted by Crippen LogP contribution is 2.22. The smallest absolute Gasteiger partial charge is 0.408 e. The highest BCUT2D eigenvalue weighted by Gasteiger charge is 2.39. The lowest BCUT2D eigenvalue weighted by molar-refractivity contribution is -0.155. The number of ether oxygens (including phenoxy) is 3. The summed E-state index contributed by atoms with van der Waals surface area (Å²) in [5, 5.41) is 5.42. The molecule has 0 bridgehead atoms. The van der Waals surface area contributed by atoms with Gasteiger partial charge in [0.05, 0.1) is 13.2 Å². The van der Waals surface area contributed by atoms with Crippen molar-refractivity contribution in [3.8, 4) is 0 Å². The highest BCUT2D eigenvalue weighted by atomic mass is 16.6. The van der Waals surface area contributed by atoms with Crippen LogP contribution >= 0.6 is 0 Å². The van der Waals surface area contributed by atoms with Crippen LogP contribution in [0.3, 0.4) is 0 Å². The van der Waals surface area contributed by atoms with Crippen LogP contribution in [-0.2, 0) is 41.8 Å². The van der Waals surface area contributed by atoms with Crippen molar-refractivity contribution in [3.05, 3.63) is 71.8 Å². The molecule has 0 saturated carbocycles. The third-order valence-electron chi connectivity index (χ3n) is 6.76. The first-order valence-electron chi connectivity index (χ1n) is 14.9. The molecule has 1 aliphatic rings. The van der Waals surface area contributed by atoms with Gasteiger partial charge in [0, 0.05) is 6.54 Å². The van der Waals surface area contributed by atoms with E-state index in [0.717, 1.165) is 11.1 Å². The van der Waals surface area contributed by atoms with E-state index in [-0.39, 0.29) is 31.6 Å². The van der Waals surface area contributed by atoms with Crippen LogP contribution in [0.2, 0.25) is 0 Å². The van der Waals surface area contributed by atoms with Gasteiger partial charge in [-0.25, -0.2) is 9.59 Å². The van der Waals surface area contributed by atoms with Crippen molar-refractivity contribution >= 4 is 23.9 Å². The normalized spacial score (nSPS) is 16.3. The molecule has 0 spiro atoms. The van der Waals surface area contributed by atoms with Gasteiger partial charge in [-0.05, 0) is 57.1 Å². The van der Waals surface area contributed by atoms with E-state index in [1.807, 2.05) is 74.5 Å². The Morgan fingerprint density at radius 1 is 0.884 bits per heavy atom. The molecule has 10 heteroatoms. The third kappa shape index (κ3) is 11.4. The van der Waals surface area contributed by atoms with Gasteiger partial charge in [0.15, 0.2) is 0 Å². The minimum Gasteiger partial charge on any atom is -0.459 e. The fourth-order valence-corrected chi connectivity index (χ4v) is 4.77. The van der Waals surface area contributed by atoms with Crippen LogP contribution in [0, 0.1) is 5.92 Å². The van der Waals surface area contributed by atoms with Gasteiger partial charge in [-0.3, -0.25) is 9.59 Å². The number of benzene rings is 2. The van der Waals surface area contributed by atoms with Gasteiger partial charge >= 0.3 is 12.1 Å². The Kier molecular flexibility index (Phi) is 12.5.